The Balaban J connectivity index is 3.14. The van der Waals surface area contributed by atoms with Crippen molar-refractivity contribution in [1.29, 1.82) is 0 Å². The first-order valence-electron chi connectivity index (χ1n) is 7.90. The number of halogens is 1. The molecule has 0 bridgehead atoms. The monoisotopic (exact) mass is 417 g/mol. The molecule has 0 saturated heterocycles. The van der Waals surface area contributed by atoms with Gasteiger partial charge >= 0.3 is 5.97 Å². The van der Waals surface area contributed by atoms with Crippen LogP contribution < -0.4 is 4.72 Å². The number of rotatable bonds is 5. The number of hydrogen-bond donors (Lipinski definition) is 1. The fourth-order valence-electron chi connectivity index (χ4n) is 2.05. The van der Waals surface area contributed by atoms with Crippen LogP contribution in [0, 0.1) is 0 Å². The summed E-state index contributed by atoms with van der Waals surface area (Å²) in [6.07, 6.45) is 0.0859. The topological polar surface area (TPSA) is 61.4 Å². The molecule has 0 aliphatic carbocycles. The van der Waals surface area contributed by atoms with Crippen molar-refractivity contribution in [2.75, 3.05) is 0 Å². The second-order valence-corrected chi connectivity index (χ2v) is 11.0. The van der Waals surface area contributed by atoms with Gasteiger partial charge in [-0.05, 0) is 66.2 Å². The average Bonchev–Trinajstić information content (AvgIpc) is 2.34. The minimum Gasteiger partial charge on any atom is -0.598 e. The molecule has 1 N–H and O–H groups in total. The van der Waals surface area contributed by atoms with Crippen LogP contribution in [-0.2, 0) is 26.4 Å². The van der Waals surface area contributed by atoms with Crippen LogP contribution in [0.2, 0.25) is 0 Å². The van der Waals surface area contributed by atoms with Crippen molar-refractivity contribution < 1.29 is 14.1 Å². The molecule has 0 radical (unpaired) electrons. The lowest BCUT2D eigenvalue weighted by Gasteiger charge is -2.35. The van der Waals surface area contributed by atoms with Gasteiger partial charge in [-0.15, -0.1) is 4.72 Å². The third-order valence-electron chi connectivity index (χ3n) is 3.25. The molecule has 24 heavy (non-hydrogen) atoms. The van der Waals surface area contributed by atoms with E-state index in [9.17, 15) is 9.35 Å². The highest BCUT2D eigenvalue weighted by atomic mass is 79.9. The molecule has 1 aromatic carbocycles. The molecule has 1 aromatic rings. The molecule has 0 aliphatic rings. The Labute approximate surface area is 157 Å². The molecule has 136 valence electrons. The highest BCUT2D eigenvalue weighted by Gasteiger charge is 2.39. The van der Waals surface area contributed by atoms with Crippen LogP contribution in [0.15, 0.2) is 28.7 Å². The summed E-state index contributed by atoms with van der Waals surface area (Å²) in [5.74, 6) is -0.330. The van der Waals surface area contributed by atoms with Gasteiger partial charge < -0.3 is 9.29 Å². The number of ether oxygens (including phenoxy) is 1. The van der Waals surface area contributed by atoms with E-state index < -0.39 is 27.2 Å². The predicted octanol–water partition coefficient (Wildman–Crippen LogP) is 4.45. The molecule has 4 nitrogen and oxygen atoms in total. The zero-order valence-electron chi connectivity index (χ0n) is 15.5. The Morgan fingerprint density at radius 3 is 2.25 bits per heavy atom. The van der Waals surface area contributed by atoms with E-state index in [0.29, 0.717) is 0 Å². The van der Waals surface area contributed by atoms with Crippen molar-refractivity contribution in [3.8, 4) is 0 Å². The molecule has 0 amide bonds. The van der Waals surface area contributed by atoms with Gasteiger partial charge in [0.1, 0.15) is 10.3 Å². The van der Waals surface area contributed by atoms with Gasteiger partial charge in [-0.25, -0.2) is 0 Å². The summed E-state index contributed by atoms with van der Waals surface area (Å²) < 4.78 is 21.7. The lowest BCUT2D eigenvalue weighted by atomic mass is 9.90. The molecule has 0 fully saturated rings. The van der Waals surface area contributed by atoms with Gasteiger partial charge in [-0.3, -0.25) is 4.79 Å². The van der Waals surface area contributed by atoms with Crippen molar-refractivity contribution in [3.05, 3.63) is 34.3 Å². The number of benzene rings is 1. The second-order valence-electron chi connectivity index (χ2n) is 8.09. The van der Waals surface area contributed by atoms with E-state index in [2.05, 4.69) is 20.7 Å². The Kier molecular flexibility index (Phi) is 6.95. The van der Waals surface area contributed by atoms with E-state index in [1.807, 2.05) is 72.7 Å². The maximum Gasteiger partial charge on any atom is 0.308 e. The fraction of sp³-hybridized carbons (Fsp3) is 0.611. The third kappa shape index (κ3) is 6.75. The first-order valence-corrected chi connectivity index (χ1v) is 9.85. The van der Waals surface area contributed by atoms with Crippen molar-refractivity contribution in [2.45, 2.75) is 70.8 Å². The molecule has 0 heterocycles. The van der Waals surface area contributed by atoms with Crippen molar-refractivity contribution in [2.24, 2.45) is 0 Å². The van der Waals surface area contributed by atoms with Crippen LogP contribution in [0.25, 0.3) is 0 Å². The van der Waals surface area contributed by atoms with Gasteiger partial charge in [0.25, 0.3) is 0 Å². The number of nitrogens with one attached hydrogen (secondary N) is 1. The fourth-order valence-corrected chi connectivity index (χ4v) is 3.36. The molecular formula is C18H28BrNO3S. The molecule has 2 atom stereocenters. The SMILES string of the molecule is CC(C)(C)OC(=O)C[C@](C)(N[S+]([O-])C(C)(C)C)c1cccc(Br)c1. The highest BCUT2D eigenvalue weighted by molar-refractivity contribution is 9.10. The van der Waals surface area contributed by atoms with E-state index in [-0.39, 0.29) is 12.4 Å². The predicted molar refractivity (Wildman–Crippen MR) is 103 cm³/mol. The largest absolute Gasteiger partial charge is 0.598 e. The van der Waals surface area contributed by atoms with Crippen LogP contribution >= 0.6 is 15.9 Å². The molecule has 0 aromatic heterocycles. The minimum atomic E-state index is -1.33. The van der Waals surface area contributed by atoms with E-state index in [1.165, 1.54) is 0 Å². The smallest absolute Gasteiger partial charge is 0.308 e. The molecule has 6 heteroatoms. The normalized spacial score (nSPS) is 16.4. The Bertz CT molecular complexity index is 580. The van der Waals surface area contributed by atoms with E-state index in [1.54, 1.807) is 0 Å². The molecule has 0 aliphatic heterocycles. The zero-order valence-corrected chi connectivity index (χ0v) is 17.9. The third-order valence-corrected chi connectivity index (χ3v) is 5.50. The van der Waals surface area contributed by atoms with Crippen LogP contribution in [-0.4, -0.2) is 20.9 Å². The Hall–Kier alpha value is -0.560. The number of carbonyl (C=O) groups is 1. The van der Waals surface area contributed by atoms with Gasteiger partial charge in [0.2, 0.25) is 0 Å². The van der Waals surface area contributed by atoms with E-state index in [0.717, 1.165) is 10.0 Å². The molecular weight excluding hydrogens is 390 g/mol. The van der Waals surface area contributed by atoms with E-state index in [4.69, 9.17) is 4.74 Å². The van der Waals surface area contributed by atoms with Crippen molar-refractivity contribution in [1.82, 2.24) is 4.72 Å². The number of hydrogen-bond acceptors (Lipinski definition) is 4. The minimum absolute atomic E-state index is 0.0859. The lowest BCUT2D eigenvalue weighted by Crippen LogP contribution is -2.51. The van der Waals surface area contributed by atoms with Crippen molar-refractivity contribution >= 4 is 33.3 Å². The molecule has 0 spiro atoms. The molecule has 0 saturated carbocycles. The first kappa shape index (κ1) is 21.5. The molecule has 1 rings (SSSR count). The first-order chi connectivity index (χ1) is 10.7. The quantitative estimate of drug-likeness (QED) is 0.567. The number of esters is 1. The van der Waals surface area contributed by atoms with Gasteiger partial charge in [0.05, 0.1) is 12.0 Å². The highest BCUT2D eigenvalue weighted by Crippen LogP contribution is 2.31. The zero-order chi connectivity index (χ0) is 18.8. The summed E-state index contributed by atoms with van der Waals surface area (Å²) in [6, 6.07) is 7.66. The summed E-state index contributed by atoms with van der Waals surface area (Å²) in [6.45, 7) is 13.1. The lowest BCUT2D eigenvalue weighted by molar-refractivity contribution is -0.156. The standard InChI is InChI=1S/C18H28BrNO3S/c1-16(2,3)23-15(21)12-18(7,20-24(22)17(4,5)6)13-9-8-10-14(19)11-13/h8-11,20H,12H2,1-7H3/t18-,24?/m0/s1. The average molecular weight is 418 g/mol. The summed E-state index contributed by atoms with van der Waals surface area (Å²) in [5.41, 5.74) is -0.483. The second kappa shape index (κ2) is 7.77. The maximum absolute atomic E-state index is 12.6. The van der Waals surface area contributed by atoms with Crippen LogP contribution in [0.5, 0.6) is 0 Å². The van der Waals surface area contributed by atoms with Gasteiger partial charge in [-0.1, -0.05) is 28.1 Å². The number of carbonyl (C=O) groups excluding carboxylic acids is 1. The Morgan fingerprint density at radius 2 is 1.79 bits per heavy atom. The van der Waals surface area contributed by atoms with E-state index >= 15 is 0 Å². The Morgan fingerprint density at radius 1 is 1.21 bits per heavy atom. The summed E-state index contributed by atoms with van der Waals surface area (Å²) in [7, 11) is 0. The van der Waals surface area contributed by atoms with Gasteiger partial charge in [0.15, 0.2) is 0 Å². The van der Waals surface area contributed by atoms with Crippen LogP contribution in [0.1, 0.15) is 60.5 Å². The van der Waals surface area contributed by atoms with Gasteiger partial charge in [-0.2, -0.15) is 0 Å². The van der Waals surface area contributed by atoms with Crippen LogP contribution in [0.4, 0.5) is 0 Å². The summed E-state index contributed by atoms with van der Waals surface area (Å²) in [4.78, 5) is 12.4. The van der Waals surface area contributed by atoms with Crippen molar-refractivity contribution in [3.63, 3.8) is 0 Å². The summed E-state index contributed by atoms with van der Waals surface area (Å²) in [5, 5.41) is 0. The summed E-state index contributed by atoms with van der Waals surface area (Å²) >= 11 is 2.13. The van der Waals surface area contributed by atoms with Gasteiger partial charge in [0, 0.05) is 15.8 Å². The van der Waals surface area contributed by atoms with Crippen LogP contribution in [0.3, 0.4) is 0 Å². The molecule has 1 unspecified atom stereocenters. The maximum atomic E-state index is 12.6.